The lowest BCUT2D eigenvalue weighted by molar-refractivity contribution is -0.130. The standard InChI is InChI=1S/C11H16N2O4S/c1-11(2,8-17-3)10(14)13-18(15,16)9-5-4-6-12-7-9/h4-7H,8H2,1-3H3,(H,13,14). The van der Waals surface area contributed by atoms with Gasteiger partial charge in [-0.3, -0.25) is 9.78 Å². The van der Waals surface area contributed by atoms with Crippen molar-refractivity contribution >= 4 is 15.9 Å². The summed E-state index contributed by atoms with van der Waals surface area (Å²) in [5.41, 5.74) is -0.927. The highest BCUT2D eigenvalue weighted by Crippen LogP contribution is 2.17. The molecule has 0 fully saturated rings. The van der Waals surface area contributed by atoms with Crippen LogP contribution in [-0.2, 0) is 19.6 Å². The maximum Gasteiger partial charge on any atom is 0.265 e. The van der Waals surface area contributed by atoms with Gasteiger partial charge in [0.05, 0.1) is 12.0 Å². The molecular formula is C11H16N2O4S. The summed E-state index contributed by atoms with van der Waals surface area (Å²) in [5.74, 6) is -0.617. The van der Waals surface area contributed by atoms with Crippen LogP contribution >= 0.6 is 0 Å². The summed E-state index contributed by atoms with van der Waals surface area (Å²) in [6.07, 6.45) is 2.63. The molecule has 7 heteroatoms. The summed E-state index contributed by atoms with van der Waals surface area (Å²) in [5, 5.41) is 0. The smallest absolute Gasteiger partial charge is 0.265 e. The number of nitrogens with zero attached hydrogens (tertiary/aromatic N) is 1. The summed E-state index contributed by atoms with van der Waals surface area (Å²) in [6.45, 7) is 3.33. The van der Waals surface area contributed by atoms with Gasteiger partial charge in [-0.15, -0.1) is 0 Å². The summed E-state index contributed by atoms with van der Waals surface area (Å²) in [6, 6.07) is 2.85. The maximum atomic E-state index is 11.9. The van der Waals surface area contributed by atoms with Gasteiger partial charge in [-0.25, -0.2) is 13.1 Å². The number of carbonyl (C=O) groups excluding carboxylic acids is 1. The van der Waals surface area contributed by atoms with Crippen molar-refractivity contribution < 1.29 is 17.9 Å². The minimum atomic E-state index is -3.88. The molecule has 0 spiro atoms. The topological polar surface area (TPSA) is 85.4 Å². The molecule has 0 aliphatic rings. The highest BCUT2D eigenvalue weighted by atomic mass is 32.2. The van der Waals surface area contributed by atoms with Crippen molar-refractivity contribution in [3.05, 3.63) is 24.5 Å². The molecule has 0 aliphatic heterocycles. The van der Waals surface area contributed by atoms with Gasteiger partial charge in [-0.2, -0.15) is 0 Å². The summed E-state index contributed by atoms with van der Waals surface area (Å²) < 4.78 is 30.7. The van der Waals surface area contributed by atoms with Crippen molar-refractivity contribution in [1.29, 1.82) is 0 Å². The van der Waals surface area contributed by atoms with E-state index >= 15 is 0 Å². The van der Waals surface area contributed by atoms with Gasteiger partial charge in [0, 0.05) is 19.5 Å². The molecular weight excluding hydrogens is 256 g/mol. The third-order valence-corrected chi connectivity index (χ3v) is 3.61. The first-order valence-electron chi connectivity index (χ1n) is 5.26. The Kier molecular flexibility index (Phi) is 4.42. The number of pyridine rings is 1. The van der Waals surface area contributed by atoms with E-state index in [2.05, 4.69) is 4.98 Å². The van der Waals surface area contributed by atoms with E-state index in [1.165, 1.54) is 31.6 Å². The quantitative estimate of drug-likeness (QED) is 0.846. The fourth-order valence-corrected chi connectivity index (χ4v) is 2.35. The summed E-state index contributed by atoms with van der Waals surface area (Å²) in [7, 11) is -2.43. The van der Waals surface area contributed by atoms with E-state index in [1.807, 2.05) is 4.72 Å². The Balaban J connectivity index is 2.88. The second-order valence-corrected chi connectivity index (χ2v) is 6.12. The molecule has 0 aromatic carbocycles. The number of aromatic nitrogens is 1. The number of methoxy groups -OCH3 is 1. The zero-order valence-electron chi connectivity index (χ0n) is 10.5. The van der Waals surface area contributed by atoms with Crippen molar-refractivity contribution in [3.8, 4) is 0 Å². The zero-order valence-corrected chi connectivity index (χ0v) is 11.3. The van der Waals surface area contributed by atoms with Crippen LogP contribution < -0.4 is 4.72 Å². The van der Waals surface area contributed by atoms with Crippen LogP contribution in [0, 0.1) is 5.41 Å². The lowest BCUT2D eigenvalue weighted by atomic mass is 9.94. The summed E-state index contributed by atoms with van der Waals surface area (Å²) >= 11 is 0. The van der Waals surface area contributed by atoms with E-state index in [1.54, 1.807) is 13.8 Å². The Labute approximate surface area is 106 Å². The van der Waals surface area contributed by atoms with Crippen LogP contribution in [0.2, 0.25) is 0 Å². The van der Waals surface area contributed by atoms with E-state index in [4.69, 9.17) is 4.74 Å². The molecule has 1 rings (SSSR count). The van der Waals surface area contributed by atoms with E-state index in [-0.39, 0.29) is 11.5 Å². The van der Waals surface area contributed by atoms with Gasteiger partial charge in [-0.1, -0.05) is 0 Å². The van der Waals surface area contributed by atoms with Gasteiger partial charge < -0.3 is 4.74 Å². The zero-order chi connectivity index (χ0) is 13.8. The maximum absolute atomic E-state index is 11.9. The number of hydrogen-bond acceptors (Lipinski definition) is 5. The van der Waals surface area contributed by atoms with Crippen molar-refractivity contribution in [2.24, 2.45) is 5.41 Å². The van der Waals surface area contributed by atoms with Gasteiger partial charge >= 0.3 is 0 Å². The first-order valence-corrected chi connectivity index (χ1v) is 6.74. The molecule has 0 aliphatic carbocycles. The normalized spacial score (nSPS) is 12.2. The van der Waals surface area contributed by atoms with Crippen LogP contribution in [0.5, 0.6) is 0 Å². The second kappa shape index (κ2) is 5.45. The highest BCUT2D eigenvalue weighted by molar-refractivity contribution is 7.90. The highest BCUT2D eigenvalue weighted by Gasteiger charge is 2.31. The molecule has 18 heavy (non-hydrogen) atoms. The number of sulfonamides is 1. The number of hydrogen-bond donors (Lipinski definition) is 1. The van der Waals surface area contributed by atoms with Crippen LogP contribution in [-0.4, -0.2) is 33.0 Å². The van der Waals surface area contributed by atoms with Gasteiger partial charge in [0.25, 0.3) is 10.0 Å². The van der Waals surface area contributed by atoms with Crippen molar-refractivity contribution in [2.45, 2.75) is 18.7 Å². The molecule has 0 atom stereocenters. The van der Waals surface area contributed by atoms with Crippen LogP contribution in [0.25, 0.3) is 0 Å². The van der Waals surface area contributed by atoms with Crippen molar-refractivity contribution in [3.63, 3.8) is 0 Å². The van der Waals surface area contributed by atoms with E-state index < -0.39 is 21.3 Å². The third kappa shape index (κ3) is 3.51. The average Bonchev–Trinajstić information content (AvgIpc) is 2.29. The van der Waals surface area contributed by atoms with Gasteiger partial charge in [0.1, 0.15) is 4.90 Å². The molecule has 100 valence electrons. The molecule has 1 aromatic heterocycles. The number of nitrogens with one attached hydrogen (secondary N) is 1. The van der Waals surface area contributed by atoms with E-state index in [0.29, 0.717) is 0 Å². The predicted molar refractivity (Wildman–Crippen MR) is 65.2 cm³/mol. The molecule has 0 radical (unpaired) electrons. The Hall–Kier alpha value is -1.47. The fourth-order valence-electron chi connectivity index (χ4n) is 1.25. The summed E-state index contributed by atoms with van der Waals surface area (Å²) in [4.78, 5) is 15.5. The minimum Gasteiger partial charge on any atom is -0.384 e. The van der Waals surface area contributed by atoms with Crippen LogP contribution in [0.4, 0.5) is 0 Å². The SMILES string of the molecule is COCC(C)(C)C(=O)NS(=O)(=O)c1cccnc1. The van der Waals surface area contributed by atoms with E-state index in [0.717, 1.165) is 0 Å². The Bertz CT molecular complexity index is 511. The van der Waals surface area contributed by atoms with Crippen molar-refractivity contribution in [1.82, 2.24) is 9.71 Å². The lowest BCUT2D eigenvalue weighted by Gasteiger charge is -2.22. The largest absolute Gasteiger partial charge is 0.384 e. The Morgan fingerprint density at radius 3 is 2.67 bits per heavy atom. The van der Waals surface area contributed by atoms with Crippen molar-refractivity contribution in [2.75, 3.05) is 13.7 Å². The molecule has 1 N–H and O–H groups in total. The monoisotopic (exact) mass is 272 g/mol. The van der Waals surface area contributed by atoms with Gasteiger partial charge in [0.15, 0.2) is 0 Å². The molecule has 0 saturated heterocycles. The molecule has 1 heterocycles. The molecule has 0 bridgehead atoms. The molecule has 0 saturated carbocycles. The molecule has 1 amide bonds. The van der Waals surface area contributed by atoms with Crippen LogP contribution in [0.15, 0.2) is 29.4 Å². The first-order chi connectivity index (χ1) is 8.29. The predicted octanol–water partition coefficient (Wildman–Crippen LogP) is 0.559. The Morgan fingerprint density at radius 1 is 1.50 bits per heavy atom. The van der Waals surface area contributed by atoms with Crippen LogP contribution in [0.3, 0.4) is 0 Å². The third-order valence-electron chi connectivity index (χ3n) is 2.29. The average molecular weight is 272 g/mol. The first kappa shape index (κ1) is 14.6. The molecule has 0 unspecified atom stereocenters. The second-order valence-electron chi connectivity index (χ2n) is 4.44. The van der Waals surface area contributed by atoms with Gasteiger partial charge in [0.2, 0.25) is 5.91 Å². The fraction of sp³-hybridized carbons (Fsp3) is 0.455. The number of ether oxygens (including phenoxy) is 1. The molecule has 1 aromatic rings. The number of amides is 1. The molecule has 6 nitrogen and oxygen atoms in total. The number of carbonyl (C=O) groups is 1. The van der Waals surface area contributed by atoms with Gasteiger partial charge in [-0.05, 0) is 26.0 Å². The Morgan fingerprint density at radius 2 is 2.17 bits per heavy atom. The number of rotatable bonds is 5. The van der Waals surface area contributed by atoms with Crippen LogP contribution in [0.1, 0.15) is 13.8 Å². The minimum absolute atomic E-state index is 0.0495. The lowest BCUT2D eigenvalue weighted by Crippen LogP contribution is -2.42. The van der Waals surface area contributed by atoms with E-state index in [9.17, 15) is 13.2 Å².